The smallest absolute Gasteiger partial charge is 0.146 e. The van der Waals surface area contributed by atoms with Gasteiger partial charge in [0, 0.05) is 20.2 Å². The van der Waals surface area contributed by atoms with Crippen molar-refractivity contribution in [1.82, 2.24) is 4.90 Å². The first-order valence-electron chi connectivity index (χ1n) is 5.98. The molecule has 0 spiro atoms. The largest absolute Gasteiger partial charge is 0.396 e. The summed E-state index contributed by atoms with van der Waals surface area (Å²) in [5.41, 5.74) is 6.63. The van der Waals surface area contributed by atoms with Crippen molar-refractivity contribution >= 4 is 5.69 Å². The normalized spacial score (nSPS) is 21.6. The quantitative estimate of drug-likeness (QED) is 0.819. The number of likely N-dealkylation sites (tertiary alicyclic amines) is 1. The van der Waals surface area contributed by atoms with Gasteiger partial charge in [-0.2, -0.15) is 0 Å². The van der Waals surface area contributed by atoms with Crippen molar-refractivity contribution in [1.29, 1.82) is 0 Å². The van der Waals surface area contributed by atoms with Crippen LogP contribution in [0.3, 0.4) is 0 Å². The molecule has 1 aromatic carbocycles. The van der Waals surface area contributed by atoms with E-state index >= 15 is 0 Å². The molecule has 0 aliphatic carbocycles. The van der Waals surface area contributed by atoms with E-state index in [9.17, 15) is 4.39 Å². The molecular formula is C13H19FN2O. The van der Waals surface area contributed by atoms with Crippen LogP contribution in [0.25, 0.3) is 0 Å². The number of nitrogen functional groups attached to an aromatic ring is 1. The van der Waals surface area contributed by atoms with Crippen LogP contribution in [0, 0.1) is 5.82 Å². The number of halogens is 1. The Morgan fingerprint density at radius 2 is 2.35 bits per heavy atom. The van der Waals surface area contributed by atoms with Crippen molar-refractivity contribution < 1.29 is 9.13 Å². The van der Waals surface area contributed by atoms with Gasteiger partial charge < -0.3 is 10.5 Å². The molecule has 0 bridgehead atoms. The zero-order valence-electron chi connectivity index (χ0n) is 10.2. The van der Waals surface area contributed by atoms with Crippen molar-refractivity contribution in [2.45, 2.75) is 25.5 Å². The first-order valence-corrected chi connectivity index (χ1v) is 5.98. The van der Waals surface area contributed by atoms with Crippen LogP contribution >= 0.6 is 0 Å². The Morgan fingerprint density at radius 1 is 1.53 bits per heavy atom. The Balaban J connectivity index is 1.97. The first-order chi connectivity index (χ1) is 8.19. The maximum absolute atomic E-state index is 13.3. The highest BCUT2D eigenvalue weighted by Gasteiger charge is 2.19. The van der Waals surface area contributed by atoms with Gasteiger partial charge in [0.05, 0.1) is 11.8 Å². The zero-order chi connectivity index (χ0) is 12.3. The third-order valence-electron chi connectivity index (χ3n) is 3.27. The van der Waals surface area contributed by atoms with E-state index in [-0.39, 0.29) is 11.5 Å². The van der Waals surface area contributed by atoms with Gasteiger partial charge in [0.1, 0.15) is 5.82 Å². The summed E-state index contributed by atoms with van der Waals surface area (Å²) in [5, 5.41) is 0. The minimum absolute atomic E-state index is 0.210. The molecule has 0 saturated carbocycles. The summed E-state index contributed by atoms with van der Waals surface area (Å²) in [7, 11) is 1.75. The summed E-state index contributed by atoms with van der Waals surface area (Å²) in [5.74, 6) is -0.331. The Labute approximate surface area is 101 Å². The molecule has 1 aliphatic heterocycles. The van der Waals surface area contributed by atoms with Crippen LogP contribution in [0.4, 0.5) is 10.1 Å². The zero-order valence-corrected chi connectivity index (χ0v) is 10.2. The molecule has 0 amide bonds. The number of ether oxygens (including phenoxy) is 1. The van der Waals surface area contributed by atoms with E-state index in [4.69, 9.17) is 10.5 Å². The summed E-state index contributed by atoms with van der Waals surface area (Å²) in [6.07, 6.45) is 2.56. The molecule has 4 heteroatoms. The molecule has 1 saturated heterocycles. The fourth-order valence-corrected chi connectivity index (χ4v) is 2.28. The Morgan fingerprint density at radius 3 is 3.06 bits per heavy atom. The average Bonchev–Trinajstić information content (AvgIpc) is 2.34. The molecule has 1 aliphatic rings. The Kier molecular flexibility index (Phi) is 3.97. The Bertz CT molecular complexity index is 384. The lowest BCUT2D eigenvalue weighted by Crippen LogP contribution is -2.38. The second kappa shape index (κ2) is 5.47. The number of rotatable bonds is 3. The average molecular weight is 238 g/mol. The minimum atomic E-state index is -0.331. The second-order valence-corrected chi connectivity index (χ2v) is 4.59. The summed E-state index contributed by atoms with van der Waals surface area (Å²) in [6, 6.07) is 5.03. The minimum Gasteiger partial charge on any atom is -0.396 e. The van der Waals surface area contributed by atoms with Crippen LogP contribution in [-0.2, 0) is 11.3 Å². The van der Waals surface area contributed by atoms with E-state index in [1.807, 2.05) is 6.07 Å². The lowest BCUT2D eigenvalue weighted by atomic mass is 10.1. The van der Waals surface area contributed by atoms with E-state index in [0.717, 1.165) is 38.0 Å². The molecule has 0 radical (unpaired) electrons. The van der Waals surface area contributed by atoms with Crippen LogP contribution in [-0.4, -0.2) is 31.2 Å². The SMILES string of the molecule is COC1CCCN(Cc2ccc(N)c(F)c2)C1. The van der Waals surface area contributed by atoms with Gasteiger partial charge in [-0.3, -0.25) is 4.90 Å². The highest BCUT2D eigenvalue weighted by molar-refractivity contribution is 5.41. The van der Waals surface area contributed by atoms with Gasteiger partial charge in [-0.05, 0) is 37.1 Å². The fraction of sp³-hybridized carbons (Fsp3) is 0.538. The number of hydrogen-bond donors (Lipinski definition) is 1. The van der Waals surface area contributed by atoms with E-state index < -0.39 is 0 Å². The van der Waals surface area contributed by atoms with E-state index in [1.54, 1.807) is 13.2 Å². The molecule has 0 aromatic heterocycles. The van der Waals surface area contributed by atoms with Crippen LogP contribution in [0.1, 0.15) is 18.4 Å². The predicted octanol–water partition coefficient (Wildman–Crippen LogP) is 2.02. The van der Waals surface area contributed by atoms with E-state index in [0.29, 0.717) is 6.10 Å². The second-order valence-electron chi connectivity index (χ2n) is 4.59. The number of anilines is 1. The van der Waals surface area contributed by atoms with Gasteiger partial charge in [-0.15, -0.1) is 0 Å². The van der Waals surface area contributed by atoms with Crippen molar-refractivity contribution in [3.63, 3.8) is 0 Å². The molecule has 2 rings (SSSR count). The van der Waals surface area contributed by atoms with E-state index in [1.165, 1.54) is 6.07 Å². The molecule has 1 heterocycles. The topological polar surface area (TPSA) is 38.5 Å². The lowest BCUT2D eigenvalue weighted by Gasteiger charge is -2.31. The van der Waals surface area contributed by atoms with Gasteiger partial charge in [0.15, 0.2) is 0 Å². The monoisotopic (exact) mass is 238 g/mol. The van der Waals surface area contributed by atoms with Gasteiger partial charge in [-0.1, -0.05) is 6.07 Å². The molecule has 2 N–H and O–H groups in total. The number of hydrogen-bond acceptors (Lipinski definition) is 3. The maximum atomic E-state index is 13.3. The molecule has 1 aromatic rings. The highest BCUT2D eigenvalue weighted by atomic mass is 19.1. The van der Waals surface area contributed by atoms with Crippen molar-refractivity contribution in [2.24, 2.45) is 0 Å². The van der Waals surface area contributed by atoms with Gasteiger partial charge in [0.2, 0.25) is 0 Å². The maximum Gasteiger partial charge on any atom is 0.146 e. The Hall–Kier alpha value is -1.13. The molecule has 94 valence electrons. The standard InChI is InChI=1S/C13H19FN2O/c1-17-11-3-2-6-16(9-11)8-10-4-5-13(15)12(14)7-10/h4-5,7,11H,2-3,6,8-9,15H2,1H3. The summed E-state index contributed by atoms with van der Waals surface area (Å²) < 4.78 is 18.7. The van der Waals surface area contributed by atoms with E-state index in [2.05, 4.69) is 4.90 Å². The lowest BCUT2D eigenvalue weighted by molar-refractivity contribution is 0.0285. The molecular weight excluding hydrogens is 219 g/mol. The van der Waals surface area contributed by atoms with Crippen molar-refractivity contribution in [3.05, 3.63) is 29.6 Å². The van der Waals surface area contributed by atoms with Crippen LogP contribution in [0.2, 0.25) is 0 Å². The van der Waals surface area contributed by atoms with Gasteiger partial charge in [0.25, 0.3) is 0 Å². The number of methoxy groups -OCH3 is 1. The molecule has 1 fully saturated rings. The first kappa shape index (κ1) is 12.3. The fourth-order valence-electron chi connectivity index (χ4n) is 2.28. The third kappa shape index (κ3) is 3.17. The molecule has 17 heavy (non-hydrogen) atoms. The van der Waals surface area contributed by atoms with Gasteiger partial charge >= 0.3 is 0 Å². The molecule has 1 atom stereocenters. The van der Waals surface area contributed by atoms with Crippen LogP contribution in [0.15, 0.2) is 18.2 Å². The molecule has 1 unspecified atom stereocenters. The summed E-state index contributed by atoms with van der Waals surface area (Å²) >= 11 is 0. The predicted molar refractivity (Wildman–Crippen MR) is 66.1 cm³/mol. The number of piperidine rings is 1. The van der Waals surface area contributed by atoms with Crippen LogP contribution in [0.5, 0.6) is 0 Å². The molecule has 3 nitrogen and oxygen atoms in total. The number of nitrogens with zero attached hydrogens (tertiary/aromatic N) is 1. The van der Waals surface area contributed by atoms with Crippen molar-refractivity contribution in [3.8, 4) is 0 Å². The summed E-state index contributed by atoms with van der Waals surface area (Å²) in [6.45, 7) is 2.73. The number of benzene rings is 1. The summed E-state index contributed by atoms with van der Waals surface area (Å²) in [4.78, 5) is 2.29. The van der Waals surface area contributed by atoms with Crippen LogP contribution < -0.4 is 5.73 Å². The highest BCUT2D eigenvalue weighted by Crippen LogP contribution is 2.17. The van der Waals surface area contributed by atoms with Crippen molar-refractivity contribution in [2.75, 3.05) is 25.9 Å². The third-order valence-corrected chi connectivity index (χ3v) is 3.27. The van der Waals surface area contributed by atoms with Gasteiger partial charge in [-0.25, -0.2) is 4.39 Å². The number of nitrogens with two attached hydrogens (primary N) is 1.